The summed E-state index contributed by atoms with van der Waals surface area (Å²) in [6, 6.07) is 9.84. The van der Waals surface area contributed by atoms with Gasteiger partial charge in [-0.25, -0.2) is 0 Å². The standard InChI is InChI=1S/C13H11BrN2O3/c1-15-12(17)8-3-2-4-9(7-8)16-13(18)10-5-6-11(14)19-10/h2-7H,1H3,(H,15,17)(H,16,18). The van der Waals surface area contributed by atoms with Gasteiger partial charge >= 0.3 is 0 Å². The van der Waals surface area contributed by atoms with Gasteiger partial charge in [0.15, 0.2) is 10.4 Å². The fourth-order valence-electron chi connectivity index (χ4n) is 1.51. The first-order valence-corrected chi connectivity index (χ1v) is 6.28. The van der Waals surface area contributed by atoms with Crippen LogP contribution >= 0.6 is 15.9 Å². The zero-order chi connectivity index (χ0) is 13.8. The van der Waals surface area contributed by atoms with E-state index in [9.17, 15) is 9.59 Å². The van der Waals surface area contributed by atoms with Crippen molar-refractivity contribution in [2.75, 3.05) is 12.4 Å². The van der Waals surface area contributed by atoms with Crippen LogP contribution in [0, 0.1) is 0 Å². The molecule has 2 aromatic rings. The highest BCUT2D eigenvalue weighted by molar-refractivity contribution is 9.10. The van der Waals surface area contributed by atoms with E-state index < -0.39 is 0 Å². The third kappa shape index (κ3) is 3.23. The van der Waals surface area contributed by atoms with Crippen molar-refractivity contribution in [3.63, 3.8) is 0 Å². The third-order valence-electron chi connectivity index (χ3n) is 2.41. The number of benzene rings is 1. The average Bonchev–Trinajstić information content (AvgIpc) is 2.85. The van der Waals surface area contributed by atoms with Gasteiger partial charge in [0.2, 0.25) is 0 Å². The highest BCUT2D eigenvalue weighted by atomic mass is 79.9. The first kappa shape index (κ1) is 13.4. The summed E-state index contributed by atoms with van der Waals surface area (Å²) >= 11 is 3.13. The first-order valence-electron chi connectivity index (χ1n) is 5.49. The van der Waals surface area contributed by atoms with E-state index in [-0.39, 0.29) is 17.6 Å². The molecular formula is C13H11BrN2O3. The third-order valence-corrected chi connectivity index (χ3v) is 2.83. The van der Waals surface area contributed by atoms with Gasteiger partial charge in [0, 0.05) is 18.3 Å². The molecular weight excluding hydrogens is 312 g/mol. The zero-order valence-corrected chi connectivity index (χ0v) is 11.7. The lowest BCUT2D eigenvalue weighted by Gasteiger charge is -2.05. The largest absolute Gasteiger partial charge is 0.444 e. The summed E-state index contributed by atoms with van der Waals surface area (Å²) in [5, 5.41) is 5.18. The maximum absolute atomic E-state index is 11.9. The Hall–Kier alpha value is -2.08. The molecule has 6 heteroatoms. The summed E-state index contributed by atoms with van der Waals surface area (Å²) in [7, 11) is 1.55. The van der Waals surface area contributed by atoms with Crippen LogP contribution in [0.15, 0.2) is 45.5 Å². The van der Waals surface area contributed by atoms with Gasteiger partial charge in [0.25, 0.3) is 11.8 Å². The van der Waals surface area contributed by atoms with E-state index in [4.69, 9.17) is 4.42 Å². The predicted molar refractivity (Wildman–Crippen MR) is 74.2 cm³/mol. The maximum atomic E-state index is 11.9. The smallest absolute Gasteiger partial charge is 0.291 e. The van der Waals surface area contributed by atoms with Crippen LogP contribution in [-0.2, 0) is 0 Å². The Morgan fingerprint density at radius 3 is 2.58 bits per heavy atom. The molecule has 98 valence electrons. The van der Waals surface area contributed by atoms with Crippen molar-refractivity contribution in [3.05, 3.63) is 52.4 Å². The van der Waals surface area contributed by atoms with Gasteiger partial charge in [-0.2, -0.15) is 0 Å². The molecule has 1 aromatic carbocycles. The van der Waals surface area contributed by atoms with Gasteiger partial charge in [-0.1, -0.05) is 6.07 Å². The molecule has 2 N–H and O–H groups in total. The number of nitrogens with one attached hydrogen (secondary N) is 2. The number of hydrogen-bond donors (Lipinski definition) is 2. The highest BCUT2D eigenvalue weighted by Gasteiger charge is 2.11. The van der Waals surface area contributed by atoms with Crippen molar-refractivity contribution < 1.29 is 14.0 Å². The number of halogens is 1. The molecule has 0 spiro atoms. The molecule has 5 nitrogen and oxygen atoms in total. The molecule has 0 aliphatic carbocycles. The van der Waals surface area contributed by atoms with Crippen LogP contribution in [0.1, 0.15) is 20.9 Å². The van der Waals surface area contributed by atoms with Crippen LogP contribution in [0.5, 0.6) is 0 Å². The Bertz CT molecular complexity index is 622. The van der Waals surface area contributed by atoms with E-state index >= 15 is 0 Å². The van der Waals surface area contributed by atoms with Gasteiger partial charge in [0.05, 0.1) is 0 Å². The molecule has 1 heterocycles. The molecule has 0 fully saturated rings. The number of rotatable bonds is 3. The lowest BCUT2D eigenvalue weighted by atomic mass is 10.2. The van der Waals surface area contributed by atoms with Crippen LogP contribution < -0.4 is 10.6 Å². The summed E-state index contributed by atoms with van der Waals surface area (Å²) in [5.74, 6) is -0.395. The second kappa shape index (κ2) is 5.71. The second-order valence-corrected chi connectivity index (χ2v) is 4.50. The molecule has 0 radical (unpaired) electrons. The lowest BCUT2D eigenvalue weighted by Crippen LogP contribution is -2.18. The highest BCUT2D eigenvalue weighted by Crippen LogP contribution is 2.16. The van der Waals surface area contributed by atoms with E-state index in [2.05, 4.69) is 26.6 Å². The van der Waals surface area contributed by atoms with E-state index in [1.54, 1.807) is 43.4 Å². The average molecular weight is 323 g/mol. The number of furan rings is 1. The van der Waals surface area contributed by atoms with Crippen molar-refractivity contribution in [2.24, 2.45) is 0 Å². The number of hydrogen-bond acceptors (Lipinski definition) is 3. The van der Waals surface area contributed by atoms with Crippen LogP contribution in [0.4, 0.5) is 5.69 Å². The summed E-state index contributed by atoms with van der Waals surface area (Å²) in [4.78, 5) is 23.3. The molecule has 0 saturated heterocycles. The Morgan fingerprint density at radius 2 is 1.95 bits per heavy atom. The maximum Gasteiger partial charge on any atom is 0.291 e. The van der Waals surface area contributed by atoms with Crippen LogP contribution in [0.25, 0.3) is 0 Å². The number of anilines is 1. The van der Waals surface area contributed by atoms with E-state index in [1.807, 2.05) is 0 Å². The SMILES string of the molecule is CNC(=O)c1cccc(NC(=O)c2ccc(Br)o2)c1. The van der Waals surface area contributed by atoms with E-state index in [0.29, 0.717) is 15.9 Å². The molecule has 2 rings (SSSR count). The van der Waals surface area contributed by atoms with Crippen molar-refractivity contribution in [1.29, 1.82) is 0 Å². The minimum atomic E-state index is -0.375. The fraction of sp³-hybridized carbons (Fsp3) is 0.0769. The van der Waals surface area contributed by atoms with E-state index in [1.165, 1.54) is 0 Å². The molecule has 19 heavy (non-hydrogen) atoms. The Morgan fingerprint density at radius 1 is 1.16 bits per heavy atom. The number of amides is 2. The monoisotopic (exact) mass is 322 g/mol. The van der Waals surface area contributed by atoms with Gasteiger partial charge in [0.1, 0.15) is 0 Å². The molecule has 0 atom stereocenters. The predicted octanol–water partition coefficient (Wildman–Crippen LogP) is 2.65. The molecule has 0 bridgehead atoms. The van der Waals surface area contributed by atoms with Gasteiger partial charge in [-0.05, 0) is 46.3 Å². The second-order valence-electron chi connectivity index (χ2n) is 3.72. The van der Waals surface area contributed by atoms with Crippen LogP contribution in [0.3, 0.4) is 0 Å². The quantitative estimate of drug-likeness (QED) is 0.912. The number of carbonyl (C=O) groups is 2. The summed E-state index contributed by atoms with van der Waals surface area (Å²) in [6.45, 7) is 0. The van der Waals surface area contributed by atoms with Crippen molar-refractivity contribution in [2.45, 2.75) is 0 Å². The summed E-state index contributed by atoms with van der Waals surface area (Å²) < 4.78 is 5.62. The zero-order valence-electron chi connectivity index (χ0n) is 10.1. The number of carbonyl (C=O) groups excluding carboxylic acids is 2. The Labute approximate surface area is 118 Å². The first-order chi connectivity index (χ1) is 9.10. The van der Waals surface area contributed by atoms with E-state index in [0.717, 1.165) is 0 Å². The summed E-state index contributed by atoms with van der Waals surface area (Å²) in [5.41, 5.74) is 1.000. The van der Waals surface area contributed by atoms with Crippen molar-refractivity contribution in [1.82, 2.24) is 5.32 Å². The van der Waals surface area contributed by atoms with Crippen LogP contribution in [-0.4, -0.2) is 18.9 Å². The fourth-order valence-corrected chi connectivity index (χ4v) is 1.82. The molecule has 0 unspecified atom stereocenters. The Kier molecular flexibility index (Phi) is 4.01. The molecule has 0 saturated carbocycles. The normalized spacial score (nSPS) is 10.0. The lowest BCUT2D eigenvalue weighted by molar-refractivity contribution is 0.0960. The summed E-state index contributed by atoms with van der Waals surface area (Å²) in [6.07, 6.45) is 0. The molecule has 1 aromatic heterocycles. The van der Waals surface area contributed by atoms with Crippen molar-refractivity contribution in [3.8, 4) is 0 Å². The van der Waals surface area contributed by atoms with Gasteiger partial charge < -0.3 is 15.1 Å². The van der Waals surface area contributed by atoms with Gasteiger partial charge in [-0.15, -0.1) is 0 Å². The van der Waals surface area contributed by atoms with Crippen LogP contribution in [0.2, 0.25) is 0 Å². The molecule has 2 amide bonds. The Balaban J connectivity index is 2.15. The minimum absolute atomic E-state index is 0.192. The topological polar surface area (TPSA) is 71.3 Å². The molecule has 0 aliphatic rings. The van der Waals surface area contributed by atoms with Crippen molar-refractivity contribution >= 4 is 33.4 Å². The minimum Gasteiger partial charge on any atom is -0.444 e. The molecule has 0 aliphatic heterocycles. The van der Waals surface area contributed by atoms with Gasteiger partial charge in [-0.3, -0.25) is 9.59 Å².